The normalized spacial score (nSPS) is 24.1. The average molecular weight is 256 g/mol. The summed E-state index contributed by atoms with van der Waals surface area (Å²) < 4.78 is 37.4. The first-order valence-electron chi connectivity index (χ1n) is 5.27. The van der Waals surface area contributed by atoms with Crippen LogP contribution >= 0.6 is 0 Å². The number of benzene rings is 1. The van der Waals surface area contributed by atoms with Crippen molar-refractivity contribution in [3.8, 4) is 0 Å². The number of rotatable bonds is 2. The van der Waals surface area contributed by atoms with Gasteiger partial charge in [0.1, 0.15) is 0 Å². The predicted octanol–water partition coefficient (Wildman–Crippen LogP) is 2.30. The molecule has 96 valence electrons. The van der Waals surface area contributed by atoms with E-state index in [2.05, 4.69) is 5.10 Å². The Hall–Kier alpha value is -1.82. The molecule has 0 aromatic heterocycles. The summed E-state index contributed by atoms with van der Waals surface area (Å²) in [6, 6.07) is 9.11. The molecule has 2 rings (SSSR count). The topological polar surface area (TPSA) is 44.6 Å². The Bertz CT molecular complexity index is 482. The highest BCUT2D eigenvalue weighted by Gasteiger charge is 2.56. The van der Waals surface area contributed by atoms with Crippen LogP contribution in [0.15, 0.2) is 41.5 Å². The molecule has 1 aromatic rings. The SMILES string of the molecule is O[C@]1(C(F)(F)F)CC(/C=C\c2ccccc2)=NN1. The molecule has 0 saturated carbocycles. The molecule has 1 aliphatic rings. The van der Waals surface area contributed by atoms with Crippen LogP contribution in [0, 0.1) is 0 Å². The van der Waals surface area contributed by atoms with Gasteiger partial charge in [-0.05, 0) is 11.6 Å². The first-order valence-corrected chi connectivity index (χ1v) is 5.27. The molecule has 1 atom stereocenters. The molecule has 0 fully saturated rings. The monoisotopic (exact) mass is 256 g/mol. The van der Waals surface area contributed by atoms with Crippen LogP contribution in [0.3, 0.4) is 0 Å². The van der Waals surface area contributed by atoms with Crippen molar-refractivity contribution in [1.82, 2.24) is 5.43 Å². The summed E-state index contributed by atoms with van der Waals surface area (Å²) in [6.07, 6.45) is -2.26. The summed E-state index contributed by atoms with van der Waals surface area (Å²) in [5.74, 6) is 0. The quantitative estimate of drug-likeness (QED) is 0.852. The summed E-state index contributed by atoms with van der Waals surface area (Å²) in [7, 11) is 0. The van der Waals surface area contributed by atoms with Gasteiger partial charge in [0, 0.05) is 0 Å². The minimum absolute atomic E-state index is 0.152. The summed E-state index contributed by atoms with van der Waals surface area (Å²) in [4.78, 5) is 0. The van der Waals surface area contributed by atoms with Gasteiger partial charge in [-0.2, -0.15) is 18.3 Å². The first-order chi connectivity index (χ1) is 8.41. The molecule has 1 heterocycles. The van der Waals surface area contributed by atoms with Crippen molar-refractivity contribution in [1.29, 1.82) is 0 Å². The number of aliphatic hydroxyl groups is 1. The molecular formula is C12H11F3N2O. The highest BCUT2D eigenvalue weighted by molar-refractivity contribution is 5.99. The minimum atomic E-state index is -4.75. The van der Waals surface area contributed by atoms with E-state index in [1.54, 1.807) is 11.5 Å². The average Bonchev–Trinajstić information content (AvgIpc) is 2.71. The van der Waals surface area contributed by atoms with Crippen molar-refractivity contribution in [2.24, 2.45) is 5.10 Å². The smallest absolute Gasteiger partial charge is 0.362 e. The summed E-state index contributed by atoms with van der Waals surface area (Å²) in [5.41, 5.74) is -0.227. The molecule has 0 unspecified atom stereocenters. The Morgan fingerprint density at radius 1 is 1.22 bits per heavy atom. The third kappa shape index (κ3) is 2.53. The molecule has 18 heavy (non-hydrogen) atoms. The third-order valence-corrected chi connectivity index (χ3v) is 2.56. The van der Waals surface area contributed by atoms with Crippen LogP contribution in [0.1, 0.15) is 12.0 Å². The van der Waals surface area contributed by atoms with E-state index in [0.717, 1.165) is 5.56 Å². The number of nitrogens with one attached hydrogen (secondary N) is 1. The number of hydrogen-bond donors (Lipinski definition) is 2. The molecule has 3 nitrogen and oxygen atoms in total. The van der Waals surface area contributed by atoms with Gasteiger partial charge in [0.25, 0.3) is 5.72 Å². The van der Waals surface area contributed by atoms with Gasteiger partial charge in [0.15, 0.2) is 0 Å². The van der Waals surface area contributed by atoms with E-state index in [4.69, 9.17) is 0 Å². The Kier molecular flexibility index (Phi) is 3.13. The van der Waals surface area contributed by atoms with Crippen molar-refractivity contribution in [3.63, 3.8) is 0 Å². The lowest BCUT2D eigenvalue weighted by Crippen LogP contribution is -2.52. The number of alkyl halides is 3. The lowest BCUT2D eigenvalue weighted by Gasteiger charge is -2.24. The van der Waals surface area contributed by atoms with Gasteiger partial charge in [0.2, 0.25) is 0 Å². The minimum Gasteiger partial charge on any atom is -0.362 e. The Morgan fingerprint density at radius 3 is 2.44 bits per heavy atom. The third-order valence-electron chi connectivity index (χ3n) is 2.56. The van der Waals surface area contributed by atoms with Crippen LogP contribution in [0.25, 0.3) is 6.08 Å². The largest absolute Gasteiger partial charge is 0.438 e. The second-order valence-corrected chi connectivity index (χ2v) is 3.99. The maximum Gasteiger partial charge on any atom is 0.438 e. The molecule has 1 aromatic carbocycles. The molecule has 0 saturated heterocycles. The zero-order valence-corrected chi connectivity index (χ0v) is 9.28. The van der Waals surface area contributed by atoms with Crippen molar-refractivity contribution >= 4 is 11.8 Å². The van der Waals surface area contributed by atoms with Crippen LogP contribution in [0.5, 0.6) is 0 Å². The molecule has 0 spiro atoms. The molecule has 0 bridgehead atoms. The fourth-order valence-electron chi connectivity index (χ4n) is 1.52. The lowest BCUT2D eigenvalue weighted by atomic mass is 10.1. The second-order valence-electron chi connectivity index (χ2n) is 3.99. The van der Waals surface area contributed by atoms with Gasteiger partial charge in [-0.25, -0.2) is 0 Å². The van der Waals surface area contributed by atoms with Crippen LogP contribution in [0.2, 0.25) is 0 Å². The summed E-state index contributed by atoms with van der Waals surface area (Å²) >= 11 is 0. The number of halogens is 3. The van der Waals surface area contributed by atoms with E-state index in [0.29, 0.717) is 0 Å². The van der Waals surface area contributed by atoms with E-state index >= 15 is 0 Å². The van der Waals surface area contributed by atoms with Gasteiger partial charge < -0.3 is 5.11 Å². The molecule has 2 N–H and O–H groups in total. The Balaban J connectivity index is 2.04. The summed E-state index contributed by atoms with van der Waals surface area (Å²) in [6.45, 7) is 0. The fourth-order valence-corrected chi connectivity index (χ4v) is 1.52. The van der Waals surface area contributed by atoms with E-state index in [9.17, 15) is 18.3 Å². The van der Waals surface area contributed by atoms with Crippen LogP contribution in [-0.2, 0) is 0 Å². The van der Waals surface area contributed by atoms with Crippen LogP contribution in [-0.4, -0.2) is 22.7 Å². The molecule has 6 heteroatoms. The van der Waals surface area contributed by atoms with Gasteiger partial charge in [-0.15, -0.1) is 0 Å². The number of nitrogens with zero attached hydrogens (tertiary/aromatic N) is 1. The van der Waals surface area contributed by atoms with Gasteiger partial charge in [0.05, 0.1) is 12.1 Å². The Labute approximate surface area is 102 Å². The van der Waals surface area contributed by atoms with E-state index < -0.39 is 18.3 Å². The molecule has 1 aliphatic heterocycles. The maximum atomic E-state index is 12.5. The van der Waals surface area contributed by atoms with E-state index in [1.165, 1.54) is 6.08 Å². The van der Waals surface area contributed by atoms with Crippen molar-refractivity contribution in [2.75, 3.05) is 0 Å². The van der Waals surface area contributed by atoms with Crippen molar-refractivity contribution in [2.45, 2.75) is 18.3 Å². The second kappa shape index (κ2) is 4.45. The summed E-state index contributed by atoms with van der Waals surface area (Å²) in [5, 5.41) is 12.8. The molecule has 0 amide bonds. The Morgan fingerprint density at radius 2 is 1.89 bits per heavy atom. The van der Waals surface area contributed by atoms with Crippen LogP contribution in [0.4, 0.5) is 13.2 Å². The van der Waals surface area contributed by atoms with Crippen molar-refractivity contribution in [3.05, 3.63) is 42.0 Å². The standard InChI is InChI=1S/C12H11F3N2O/c13-12(14,15)11(18)8-10(16-17-11)7-6-9-4-2-1-3-5-9/h1-7,17-18H,8H2/b7-6-/t11-/m0/s1. The number of hydrazone groups is 1. The molecular weight excluding hydrogens is 245 g/mol. The highest BCUT2D eigenvalue weighted by atomic mass is 19.4. The molecule has 0 radical (unpaired) electrons. The van der Waals surface area contributed by atoms with E-state index in [-0.39, 0.29) is 5.71 Å². The predicted molar refractivity (Wildman–Crippen MR) is 61.7 cm³/mol. The van der Waals surface area contributed by atoms with Gasteiger partial charge in [-0.1, -0.05) is 36.4 Å². The highest BCUT2D eigenvalue weighted by Crippen LogP contribution is 2.33. The number of allylic oxidation sites excluding steroid dienone is 1. The zero-order valence-electron chi connectivity index (χ0n) is 9.28. The molecule has 0 aliphatic carbocycles. The lowest BCUT2D eigenvalue weighted by molar-refractivity contribution is -0.266. The number of hydrogen-bond acceptors (Lipinski definition) is 3. The fraction of sp³-hybridized carbons (Fsp3) is 0.250. The van der Waals surface area contributed by atoms with Crippen molar-refractivity contribution < 1.29 is 18.3 Å². The zero-order chi connectivity index (χ0) is 13.2. The van der Waals surface area contributed by atoms with Gasteiger partial charge in [-0.3, -0.25) is 5.43 Å². The van der Waals surface area contributed by atoms with Gasteiger partial charge >= 0.3 is 6.18 Å². The first kappa shape index (κ1) is 12.6. The van der Waals surface area contributed by atoms with E-state index in [1.807, 2.05) is 30.3 Å². The van der Waals surface area contributed by atoms with Crippen LogP contribution < -0.4 is 5.43 Å². The maximum absolute atomic E-state index is 12.5.